The molecule has 3 rings (SSSR count). The lowest BCUT2D eigenvalue weighted by molar-refractivity contribution is -0.114. The van der Waals surface area contributed by atoms with Crippen LogP contribution in [-0.4, -0.2) is 56.7 Å². The number of hydrogen-bond donors (Lipinski definition) is 3. The van der Waals surface area contributed by atoms with Crippen molar-refractivity contribution in [1.29, 1.82) is 0 Å². The van der Waals surface area contributed by atoms with E-state index < -0.39 is 25.5 Å². The number of hydrogen-bond acceptors (Lipinski definition) is 10. The van der Waals surface area contributed by atoms with Gasteiger partial charge in [-0.3, -0.25) is 14.4 Å². The van der Waals surface area contributed by atoms with Crippen LogP contribution in [0.25, 0.3) is 0 Å². The van der Waals surface area contributed by atoms with Crippen molar-refractivity contribution in [3.8, 4) is 34.5 Å². The molecule has 44 heavy (non-hydrogen) atoms. The molecule has 17 heteroatoms. The lowest BCUT2D eigenvalue weighted by atomic mass is 10.3. The Morgan fingerprint density at radius 2 is 0.818 bits per heavy atom. The third kappa shape index (κ3) is 9.48. The number of phosphoric ester groups is 1. The van der Waals surface area contributed by atoms with Crippen LogP contribution in [0.15, 0.2) is 54.6 Å². The number of ether oxygens (including phenoxy) is 3. The van der Waals surface area contributed by atoms with E-state index in [0.29, 0.717) is 17.1 Å². The van der Waals surface area contributed by atoms with Gasteiger partial charge in [0.25, 0.3) is 0 Å². The Morgan fingerprint density at radius 1 is 0.545 bits per heavy atom. The van der Waals surface area contributed by atoms with E-state index in [4.69, 9.17) is 62.6 Å². The molecule has 3 aromatic rings. The Bertz CT molecular complexity index is 1380. The predicted octanol–water partition coefficient (Wildman–Crippen LogP) is 5.89. The van der Waals surface area contributed by atoms with Crippen LogP contribution in [0, 0.1) is 0 Å². The summed E-state index contributed by atoms with van der Waals surface area (Å²) in [7, 11) is -0.729. The fourth-order valence-corrected chi connectivity index (χ4v) is 4.95. The van der Waals surface area contributed by atoms with Gasteiger partial charge >= 0.3 is 7.82 Å². The smallest absolute Gasteiger partial charge is 0.493 e. The highest BCUT2D eigenvalue weighted by atomic mass is 35.5. The van der Waals surface area contributed by atoms with Crippen molar-refractivity contribution in [2.24, 2.45) is 0 Å². The van der Waals surface area contributed by atoms with Crippen LogP contribution < -0.4 is 43.7 Å². The number of phosphoric acid groups is 1. The van der Waals surface area contributed by atoms with E-state index in [1.54, 1.807) is 0 Å². The first-order chi connectivity index (χ1) is 21.1. The molecule has 0 aliphatic rings. The molecule has 0 saturated carbocycles. The maximum atomic E-state index is 14.4. The Hall–Kier alpha value is -4.03. The molecule has 13 nitrogen and oxygen atoms in total. The highest BCUT2D eigenvalue weighted by molar-refractivity contribution is 7.49. The predicted molar refractivity (Wildman–Crippen MR) is 167 cm³/mol. The summed E-state index contributed by atoms with van der Waals surface area (Å²) in [6.45, 7) is 0. The summed E-state index contributed by atoms with van der Waals surface area (Å²) < 4.78 is 47.9. The molecule has 0 fully saturated rings. The summed E-state index contributed by atoms with van der Waals surface area (Å²) in [6.07, 6.45) is 0. The highest BCUT2D eigenvalue weighted by Gasteiger charge is 2.37. The number of halogens is 3. The van der Waals surface area contributed by atoms with Gasteiger partial charge in [0.2, 0.25) is 17.7 Å². The molecule has 3 aromatic carbocycles. The normalized spacial score (nSPS) is 10.7. The number of rotatable bonds is 15. The Kier molecular flexibility index (Phi) is 12.7. The van der Waals surface area contributed by atoms with Crippen molar-refractivity contribution < 1.29 is 46.7 Å². The molecule has 3 amide bonds. The molecule has 0 aromatic heterocycles. The van der Waals surface area contributed by atoms with Crippen LogP contribution >= 0.6 is 42.6 Å². The number of carbonyl (C=O) groups is 3. The molecule has 0 atom stereocenters. The van der Waals surface area contributed by atoms with E-state index in [-0.39, 0.29) is 52.1 Å². The number of amides is 3. The molecule has 3 N–H and O–H groups in total. The van der Waals surface area contributed by atoms with Crippen molar-refractivity contribution >= 4 is 77.4 Å². The zero-order valence-corrected chi connectivity index (χ0v) is 26.6. The summed E-state index contributed by atoms with van der Waals surface area (Å²) in [5, 5.41) is 7.69. The van der Waals surface area contributed by atoms with Crippen LogP contribution in [0.4, 0.5) is 17.1 Å². The van der Waals surface area contributed by atoms with Crippen LogP contribution in [-0.2, 0) is 18.9 Å². The number of methoxy groups -OCH3 is 3. The second-order valence-corrected chi connectivity index (χ2v) is 10.6. The number of alkyl halides is 3. The van der Waals surface area contributed by atoms with Crippen LogP contribution in [0.3, 0.4) is 0 Å². The average molecular weight is 691 g/mol. The number of carbonyl (C=O) groups excluding carboxylic acids is 3. The summed E-state index contributed by atoms with van der Waals surface area (Å²) in [5.41, 5.74) is 0.970. The first-order valence-corrected chi connectivity index (χ1v) is 15.4. The Balaban J connectivity index is 2.05. The topological polar surface area (TPSA) is 160 Å². The fourth-order valence-electron chi connectivity index (χ4n) is 3.46. The van der Waals surface area contributed by atoms with E-state index in [0.717, 1.165) is 0 Å². The first-order valence-electron chi connectivity index (χ1n) is 12.4. The maximum absolute atomic E-state index is 14.4. The zero-order chi connectivity index (χ0) is 32.3. The summed E-state index contributed by atoms with van der Waals surface area (Å²) in [4.78, 5) is 35.2. The lowest BCUT2D eigenvalue weighted by Gasteiger charge is -2.23. The minimum Gasteiger partial charge on any atom is -0.493 e. The quantitative estimate of drug-likeness (QED) is 0.130. The van der Waals surface area contributed by atoms with Gasteiger partial charge in [0.05, 0.1) is 21.3 Å². The van der Waals surface area contributed by atoms with Crippen molar-refractivity contribution in [2.45, 2.75) is 0 Å². The molecular weight excluding hydrogens is 664 g/mol. The van der Waals surface area contributed by atoms with E-state index in [1.165, 1.54) is 75.9 Å². The Labute approximate surface area is 267 Å². The molecule has 0 spiro atoms. The van der Waals surface area contributed by atoms with Gasteiger partial charge in [-0.1, -0.05) is 0 Å². The van der Waals surface area contributed by atoms with E-state index in [9.17, 15) is 18.9 Å². The third-order valence-electron chi connectivity index (χ3n) is 5.34. The number of anilines is 3. The number of nitrogens with one attached hydrogen (secondary N) is 3. The van der Waals surface area contributed by atoms with Gasteiger partial charge in [0, 0.05) is 35.3 Å². The van der Waals surface area contributed by atoms with Crippen molar-refractivity contribution in [1.82, 2.24) is 0 Å². The minimum absolute atomic E-state index is 0.0574. The third-order valence-corrected chi connectivity index (χ3v) is 7.33. The van der Waals surface area contributed by atoms with Gasteiger partial charge in [0.1, 0.15) is 17.6 Å². The van der Waals surface area contributed by atoms with Gasteiger partial charge in [-0.05, 0) is 36.4 Å². The second-order valence-electron chi connectivity index (χ2n) is 8.36. The summed E-state index contributed by atoms with van der Waals surface area (Å²) in [5.74, 6) is -2.30. The van der Waals surface area contributed by atoms with Gasteiger partial charge in [-0.15, -0.1) is 34.8 Å². The van der Waals surface area contributed by atoms with Gasteiger partial charge in [-0.25, -0.2) is 0 Å². The van der Waals surface area contributed by atoms with Crippen LogP contribution in [0.5, 0.6) is 34.5 Å². The molecule has 0 aliphatic carbocycles. The molecule has 0 aliphatic heterocycles. The van der Waals surface area contributed by atoms with Gasteiger partial charge in [0.15, 0.2) is 34.5 Å². The van der Waals surface area contributed by atoms with E-state index >= 15 is 0 Å². The van der Waals surface area contributed by atoms with Crippen LogP contribution in [0.1, 0.15) is 0 Å². The summed E-state index contributed by atoms with van der Waals surface area (Å²) >= 11 is 16.7. The van der Waals surface area contributed by atoms with Crippen molar-refractivity contribution in [2.75, 3.05) is 54.9 Å². The van der Waals surface area contributed by atoms with E-state index in [1.807, 2.05) is 0 Å². The molecule has 0 unspecified atom stereocenters. The molecule has 236 valence electrons. The number of benzene rings is 3. The second kappa shape index (κ2) is 16.2. The van der Waals surface area contributed by atoms with Gasteiger partial charge < -0.3 is 43.7 Å². The van der Waals surface area contributed by atoms with Crippen molar-refractivity contribution in [3.05, 3.63) is 54.6 Å². The molecule has 0 saturated heterocycles. The van der Waals surface area contributed by atoms with Crippen molar-refractivity contribution in [3.63, 3.8) is 0 Å². The standard InChI is InChI=1S/C27H27Cl3N3O10P/c1-38-22-10-16(31-25(34)13-28)4-7-19(22)41-44(37,42-20-8-5-17(11-23(20)39-2)32-26(35)14-29)43-21-9-6-18(12-24(21)40-3)33-27(36)15-30/h4-12H,13-15H2,1-3H3,(H,31,34)(H,32,35)(H,33,36). The largest absolute Gasteiger partial charge is 0.647 e. The maximum Gasteiger partial charge on any atom is 0.647 e. The highest BCUT2D eigenvalue weighted by Crippen LogP contribution is 2.55. The Morgan fingerprint density at radius 3 is 1.05 bits per heavy atom. The van der Waals surface area contributed by atoms with Crippen LogP contribution in [0.2, 0.25) is 0 Å². The molecular formula is C27H27Cl3N3O10P. The molecule has 0 heterocycles. The average Bonchev–Trinajstić information content (AvgIpc) is 3.02. The lowest BCUT2D eigenvalue weighted by Crippen LogP contribution is -2.14. The van der Waals surface area contributed by atoms with E-state index in [2.05, 4.69) is 16.0 Å². The SMILES string of the molecule is COc1cc(NC(=O)CCl)ccc1OP(=O)(Oc1ccc(NC(=O)CCl)cc1OC)Oc1ccc(NC(=O)CCl)cc1OC. The molecule has 0 radical (unpaired) electrons. The zero-order valence-electron chi connectivity index (χ0n) is 23.5. The molecule has 0 bridgehead atoms. The fraction of sp³-hybridized carbons (Fsp3) is 0.222. The van der Waals surface area contributed by atoms with Gasteiger partial charge in [-0.2, -0.15) is 4.57 Å². The minimum atomic E-state index is -4.72. The monoisotopic (exact) mass is 689 g/mol. The first kappa shape index (κ1) is 34.5. The summed E-state index contributed by atoms with van der Waals surface area (Å²) in [6, 6.07) is 12.7.